The average Bonchev–Trinajstić information content (AvgIpc) is 3.84. The van der Waals surface area contributed by atoms with Gasteiger partial charge in [0.25, 0.3) is 18.8 Å². The molecular formula is C43H57F6N9O5. The number of benzene rings is 2. The number of alkyl halides is 6. The molecule has 0 radical (unpaired) electrons. The van der Waals surface area contributed by atoms with E-state index in [1.54, 1.807) is 65.5 Å². The number of carbonyl (C=O) groups is 2. The molecular weight excluding hydrogens is 837 g/mol. The number of methoxy groups -OCH3 is 1. The van der Waals surface area contributed by atoms with E-state index in [0.717, 1.165) is 34.7 Å². The number of aliphatic hydroxyl groups excluding tert-OH is 1. The van der Waals surface area contributed by atoms with Gasteiger partial charge in [-0.1, -0.05) is 19.9 Å². The number of anilines is 5. The second-order valence-corrected chi connectivity index (χ2v) is 15.3. The lowest BCUT2D eigenvalue weighted by atomic mass is 10.0. The van der Waals surface area contributed by atoms with Gasteiger partial charge in [-0.3, -0.25) is 14.2 Å². The topological polar surface area (TPSA) is 147 Å². The summed E-state index contributed by atoms with van der Waals surface area (Å²) in [6.07, 6.45) is -6.96. The predicted molar refractivity (Wildman–Crippen MR) is 226 cm³/mol. The van der Waals surface area contributed by atoms with Crippen molar-refractivity contribution in [1.29, 1.82) is 0 Å². The Hall–Kier alpha value is -5.50. The van der Waals surface area contributed by atoms with Crippen LogP contribution in [0.5, 0.6) is 0 Å². The number of hydrogen-bond donors (Lipinski definition) is 2. The van der Waals surface area contributed by atoms with Crippen LogP contribution in [-0.4, -0.2) is 107 Å². The summed E-state index contributed by atoms with van der Waals surface area (Å²) >= 11 is 0. The normalized spacial score (nSPS) is 15.6. The van der Waals surface area contributed by atoms with Crippen LogP contribution >= 0.6 is 0 Å². The Morgan fingerprint density at radius 1 is 0.857 bits per heavy atom. The third-order valence-electron chi connectivity index (χ3n) is 11.3. The number of carbonyl (C=O) groups excluding carboxylic acids is 2. The van der Waals surface area contributed by atoms with Gasteiger partial charge in [0.05, 0.1) is 38.9 Å². The summed E-state index contributed by atoms with van der Waals surface area (Å²) in [4.78, 5) is 30.0. The summed E-state index contributed by atoms with van der Waals surface area (Å²) in [6.45, 7) is 9.76. The van der Waals surface area contributed by atoms with Crippen molar-refractivity contribution in [2.24, 2.45) is 0 Å². The third-order valence-corrected chi connectivity index (χ3v) is 11.3. The van der Waals surface area contributed by atoms with Gasteiger partial charge in [0.2, 0.25) is 0 Å². The summed E-state index contributed by atoms with van der Waals surface area (Å²) in [5, 5.41) is 19.2. The Morgan fingerprint density at radius 2 is 1.40 bits per heavy atom. The van der Waals surface area contributed by atoms with Gasteiger partial charge >= 0.3 is 12.5 Å². The van der Waals surface area contributed by atoms with Gasteiger partial charge < -0.3 is 39.9 Å². The molecule has 63 heavy (non-hydrogen) atoms. The van der Waals surface area contributed by atoms with Crippen LogP contribution in [0.3, 0.4) is 0 Å². The predicted octanol–water partition coefficient (Wildman–Crippen LogP) is 8.10. The Bertz CT molecular complexity index is 2190. The highest BCUT2D eigenvalue weighted by atomic mass is 19.3. The zero-order chi connectivity index (χ0) is 46.3. The minimum atomic E-state index is -3.09. The van der Waals surface area contributed by atoms with E-state index in [9.17, 15) is 41.0 Å². The molecule has 7 rings (SSSR count). The van der Waals surface area contributed by atoms with E-state index in [-0.39, 0.29) is 35.9 Å². The first-order valence-electron chi connectivity index (χ1n) is 20.9. The molecule has 5 heterocycles. The van der Waals surface area contributed by atoms with Crippen LogP contribution in [0.2, 0.25) is 0 Å². The van der Waals surface area contributed by atoms with E-state index in [0.29, 0.717) is 79.8 Å². The lowest BCUT2D eigenvalue weighted by Crippen LogP contribution is -2.40. The molecule has 0 saturated carbocycles. The summed E-state index contributed by atoms with van der Waals surface area (Å²) in [5.41, 5.74) is 10.2. The van der Waals surface area contributed by atoms with Crippen molar-refractivity contribution in [3.63, 3.8) is 0 Å². The smallest absolute Gasteiger partial charge is 0.409 e. The van der Waals surface area contributed by atoms with Crippen LogP contribution in [0.25, 0.3) is 0 Å². The Kier molecular flexibility index (Phi) is 16.4. The average molecular weight is 894 g/mol. The lowest BCUT2D eigenvalue weighted by Gasteiger charge is -2.30. The number of nitrogens with two attached hydrogens (primary N) is 1. The summed E-state index contributed by atoms with van der Waals surface area (Å²) in [5.74, 6) is -0.211. The van der Waals surface area contributed by atoms with Crippen molar-refractivity contribution < 1.29 is 50.5 Å². The van der Waals surface area contributed by atoms with Crippen molar-refractivity contribution in [2.75, 3.05) is 63.0 Å². The second kappa shape index (κ2) is 21.2. The van der Waals surface area contributed by atoms with Crippen LogP contribution in [0.15, 0.2) is 36.4 Å². The Labute approximate surface area is 363 Å². The fraction of sp³-hybridized carbons (Fsp3) is 0.535. The molecule has 14 nitrogen and oxygen atoms in total. The molecule has 2 amide bonds. The monoisotopic (exact) mass is 893 g/mol. The number of ether oxygens (including phenoxy) is 2. The maximum Gasteiger partial charge on any atom is 0.409 e. The van der Waals surface area contributed by atoms with Crippen molar-refractivity contribution >= 4 is 40.7 Å². The molecule has 1 unspecified atom stereocenters. The number of nitrogens with zero attached hydrogens (tertiary/aromatic N) is 8. The van der Waals surface area contributed by atoms with Crippen molar-refractivity contribution in [3.8, 4) is 0 Å². The lowest BCUT2D eigenvalue weighted by molar-refractivity contribution is -0.143. The van der Waals surface area contributed by atoms with E-state index in [4.69, 9.17) is 20.3 Å². The summed E-state index contributed by atoms with van der Waals surface area (Å²) in [6, 6.07) is 9.27. The van der Waals surface area contributed by atoms with Crippen LogP contribution in [-0.2, 0) is 46.7 Å². The maximum absolute atomic E-state index is 13.4. The molecule has 1 atom stereocenters. The molecule has 20 heteroatoms. The largest absolute Gasteiger partial charge is 0.453 e. The Morgan fingerprint density at radius 3 is 1.98 bits per heavy atom. The molecule has 3 aliphatic heterocycles. The molecule has 1 saturated heterocycles. The number of halogens is 6. The van der Waals surface area contributed by atoms with Crippen molar-refractivity contribution in [2.45, 2.75) is 104 Å². The van der Waals surface area contributed by atoms with Gasteiger partial charge in [-0.25, -0.2) is 22.4 Å². The quantitative estimate of drug-likeness (QED) is 0.118. The highest BCUT2D eigenvalue weighted by Gasteiger charge is 2.35. The van der Waals surface area contributed by atoms with Crippen molar-refractivity contribution in [1.82, 2.24) is 29.4 Å². The molecule has 2 aromatic carbocycles. The highest BCUT2D eigenvalue weighted by Crippen LogP contribution is 2.39. The van der Waals surface area contributed by atoms with Crippen molar-refractivity contribution in [3.05, 3.63) is 75.6 Å². The van der Waals surface area contributed by atoms with Gasteiger partial charge in [0.15, 0.2) is 11.6 Å². The minimum Gasteiger partial charge on any atom is -0.453 e. The SMILES string of the molecule is CC.CN(c1ccc(N)c(C(F)F)c1)c1nn(C2CCOCC2)c2c1CN(C(=O)C(F)F)CC2.COC(=O)N1CCc2c(c(N(C)c3ccc(C)c(C(F)F)c3)nn2CC(C)O)C1. The highest BCUT2D eigenvalue weighted by molar-refractivity contribution is 5.80. The number of hydrogen-bond acceptors (Lipinski definition) is 10. The molecule has 3 aliphatic rings. The third kappa shape index (κ3) is 10.8. The first-order chi connectivity index (χ1) is 30.0. The number of aryl methyl sites for hydroxylation is 1. The summed E-state index contributed by atoms with van der Waals surface area (Å²) in [7, 11) is 4.76. The molecule has 0 aliphatic carbocycles. The molecule has 4 aromatic rings. The van der Waals surface area contributed by atoms with E-state index < -0.39 is 37.4 Å². The van der Waals surface area contributed by atoms with E-state index >= 15 is 0 Å². The molecule has 3 N–H and O–H groups in total. The minimum absolute atomic E-state index is 0.0133. The fourth-order valence-electron chi connectivity index (χ4n) is 7.96. The number of rotatable bonds is 10. The zero-order valence-corrected chi connectivity index (χ0v) is 36.6. The number of nitrogen functional groups attached to an aromatic ring is 1. The number of fused-ring (bicyclic) bond motifs is 2. The molecule has 0 bridgehead atoms. The van der Waals surface area contributed by atoms with Gasteiger partial charge in [-0.15, -0.1) is 0 Å². The molecule has 2 aromatic heterocycles. The van der Waals surface area contributed by atoms with Crippen LogP contribution in [0.1, 0.15) is 91.7 Å². The van der Waals surface area contributed by atoms with Crippen LogP contribution < -0.4 is 15.5 Å². The molecule has 346 valence electrons. The zero-order valence-electron chi connectivity index (χ0n) is 36.6. The van der Waals surface area contributed by atoms with E-state index in [1.165, 1.54) is 25.3 Å². The number of aromatic nitrogens is 4. The van der Waals surface area contributed by atoms with Gasteiger partial charge in [-0.05, 0) is 62.6 Å². The number of aliphatic hydroxyl groups is 1. The first kappa shape index (κ1) is 48.5. The fourth-order valence-corrected chi connectivity index (χ4v) is 7.96. The van der Waals surface area contributed by atoms with Crippen LogP contribution in [0.4, 0.5) is 59.8 Å². The van der Waals surface area contributed by atoms with Gasteiger partial charge in [0.1, 0.15) is 0 Å². The molecule has 1 fully saturated rings. The van der Waals surface area contributed by atoms with Crippen LogP contribution in [0, 0.1) is 6.92 Å². The second-order valence-electron chi connectivity index (χ2n) is 15.3. The maximum atomic E-state index is 13.4. The summed E-state index contributed by atoms with van der Waals surface area (Å²) < 4.78 is 93.4. The molecule has 0 spiro atoms. The van der Waals surface area contributed by atoms with E-state index in [2.05, 4.69) is 5.10 Å². The van der Waals surface area contributed by atoms with E-state index in [1.807, 2.05) is 18.5 Å². The Balaban J connectivity index is 0.000000230. The van der Waals surface area contributed by atoms with Gasteiger partial charge in [0, 0.05) is 104 Å². The van der Waals surface area contributed by atoms with Gasteiger partial charge in [-0.2, -0.15) is 19.0 Å². The standard InChI is InChI=1S/C21H25F4N5O2.C20H26F2N4O3.C2H6/c1-28(13-2-3-16(26)14(10-13)18(22)23)20-15-11-29(21(31)19(24)25)7-4-17(15)30(27-20)12-5-8-32-9-6-12;1-12-5-6-14(9-15(12)18(21)22)24(3)19-16-11-25(20(28)29-4)8-7-17(16)26(23-19)10-13(2)27;1-2/h2-3,10,12,18-19H,4-9,11,26H2,1H3;5-6,9,13,18,27H,7-8,10-11H2,1-4H3;1-2H3. The number of amides is 2. The first-order valence-corrected chi connectivity index (χ1v) is 20.9.